The van der Waals surface area contributed by atoms with Gasteiger partial charge in [-0.1, -0.05) is 19.9 Å². The van der Waals surface area contributed by atoms with Crippen molar-refractivity contribution in [3.8, 4) is 17.3 Å². The van der Waals surface area contributed by atoms with Gasteiger partial charge in [0, 0.05) is 12.6 Å². The number of rotatable bonds is 5. The molecule has 2 N–H and O–H groups in total. The average molecular weight is 368 g/mol. The van der Waals surface area contributed by atoms with Gasteiger partial charge >= 0.3 is 0 Å². The SMILES string of the molecule is CC.CC(C)Oc1cn2c(-c3cccc(NC4CCNC4)n3)cnc2cn1. The van der Waals surface area contributed by atoms with Crippen LogP contribution in [0.2, 0.25) is 0 Å². The fourth-order valence-corrected chi connectivity index (χ4v) is 3.01. The molecule has 1 aliphatic heterocycles. The molecule has 1 atom stereocenters. The molecule has 7 heteroatoms. The lowest BCUT2D eigenvalue weighted by Gasteiger charge is -2.13. The van der Waals surface area contributed by atoms with E-state index < -0.39 is 0 Å². The summed E-state index contributed by atoms with van der Waals surface area (Å²) in [4.78, 5) is 13.5. The summed E-state index contributed by atoms with van der Waals surface area (Å²) in [6, 6.07) is 6.43. The van der Waals surface area contributed by atoms with Crippen LogP contribution in [-0.2, 0) is 0 Å². The third-order valence-electron chi connectivity index (χ3n) is 4.15. The molecule has 7 nitrogen and oxygen atoms in total. The van der Waals surface area contributed by atoms with Gasteiger partial charge in [-0.2, -0.15) is 0 Å². The maximum Gasteiger partial charge on any atom is 0.230 e. The quantitative estimate of drug-likeness (QED) is 0.719. The zero-order chi connectivity index (χ0) is 19.2. The van der Waals surface area contributed by atoms with Crippen LogP contribution in [0.1, 0.15) is 34.1 Å². The lowest BCUT2D eigenvalue weighted by molar-refractivity contribution is 0.231. The Morgan fingerprint density at radius 2 is 2.07 bits per heavy atom. The minimum atomic E-state index is 0.0718. The summed E-state index contributed by atoms with van der Waals surface area (Å²) in [5, 5.41) is 6.84. The summed E-state index contributed by atoms with van der Waals surface area (Å²) in [6.07, 6.45) is 6.58. The van der Waals surface area contributed by atoms with E-state index in [1.807, 2.05) is 62.7 Å². The van der Waals surface area contributed by atoms with Crippen molar-refractivity contribution in [1.82, 2.24) is 24.7 Å². The van der Waals surface area contributed by atoms with E-state index >= 15 is 0 Å². The van der Waals surface area contributed by atoms with Crippen LogP contribution in [0.3, 0.4) is 0 Å². The van der Waals surface area contributed by atoms with E-state index in [1.54, 1.807) is 6.20 Å². The van der Waals surface area contributed by atoms with E-state index in [1.165, 1.54) is 0 Å². The van der Waals surface area contributed by atoms with Gasteiger partial charge in [0.1, 0.15) is 5.82 Å². The predicted molar refractivity (Wildman–Crippen MR) is 108 cm³/mol. The van der Waals surface area contributed by atoms with Crippen molar-refractivity contribution in [1.29, 1.82) is 0 Å². The monoisotopic (exact) mass is 368 g/mol. The van der Waals surface area contributed by atoms with E-state index in [0.29, 0.717) is 11.9 Å². The van der Waals surface area contributed by atoms with Gasteiger partial charge in [-0.05, 0) is 38.9 Å². The molecule has 1 aliphatic rings. The number of fused-ring (bicyclic) bond motifs is 1. The molecule has 4 rings (SSSR count). The molecule has 4 heterocycles. The standard InChI is InChI=1S/C18H22N6O.C2H6/c1-12(2)25-18-11-24-15(9-20-17(24)10-21-18)14-4-3-5-16(23-14)22-13-6-7-19-8-13;1-2/h3-5,9-13,19H,6-8H2,1-2H3,(H,22,23);1-2H3. The van der Waals surface area contributed by atoms with E-state index in [-0.39, 0.29) is 6.10 Å². The number of ether oxygens (including phenoxy) is 1. The number of hydrogen-bond acceptors (Lipinski definition) is 6. The zero-order valence-corrected chi connectivity index (χ0v) is 16.4. The highest BCUT2D eigenvalue weighted by atomic mass is 16.5. The maximum atomic E-state index is 5.70. The Balaban J connectivity index is 0.00000102. The molecule has 0 amide bonds. The van der Waals surface area contributed by atoms with Crippen molar-refractivity contribution in [3.63, 3.8) is 0 Å². The van der Waals surface area contributed by atoms with Gasteiger partial charge in [0.15, 0.2) is 5.65 Å². The Morgan fingerprint density at radius 3 is 2.81 bits per heavy atom. The summed E-state index contributed by atoms with van der Waals surface area (Å²) in [7, 11) is 0. The molecule has 27 heavy (non-hydrogen) atoms. The van der Waals surface area contributed by atoms with Gasteiger partial charge in [0.05, 0.1) is 36.1 Å². The molecule has 0 bridgehead atoms. The topological polar surface area (TPSA) is 76.4 Å². The molecule has 1 unspecified atom stereocenters. The van der Waals surface area contributed by atoms with Crippen molar-refractivity contribution < 1.29 is 4.74 Å². The van der Waals surface area contributed by atoms with Crippen LogP contribution in [0.5, 0.6) is 5.88 Å². The number of aromatic nitrogens is 4. The van der Waals surface area contributed by atoms with Gasteiger partial charge < -0.3 is 15.4 Å². The Labute approximate surface area is 160 Å². The molecular weight excluding hydrogens is 340 g/mol. The van der Waals surface area contributed by atoms with Gasteiger partial charge in [0.25, 0.3) is 0 Å². The Hall–Kier alpha value is -2.67. The highest BCUT2D eigenvalue weighted by Gasteiger charge is 2.15. The summed E-state index contributed by atoms with van der Waals surface area (Å²) in [5.41, 5.74) is 2.55. The van der Waals surface area contributed by atoms with Crippen LogP contribution in [0.25, 0.3) is 17.0 Å². The van der Waals surface area contributed by atoms with E-state index in [4.69, 9.17) is 9.72 Å². The molecular formula is C20H28N6O. The fourth-order valence-electron chi connectivity index (χ4n) is 3.01. The second-order valence-corrected chi connectivity index (χ2v) is 6.51. The molecule has 0 aliphatic carbocycles. The van der Waals surface area contributed by atoms with E-state index in [9.17, 15) is 0 Å². The number of hydrogen-bond donors (Lipinski definition) is 2. The Bertz CT molecular complexity index is 870. The molecule has 0 aromatic carbocycles. The molecule has 3 aromatic rings. The van der Waals surface area contributed by atoms with Crippen LogP contribution in [0.15, 0.2) is 36.8 Å². The summed E-state index contributed by atoms with van der Waals surface area (Å²) >= 11 is 0. The van der Waals surface area contributed by atoms with Crippen LogP contribution >= 0.6 is 0 Å². The first-order chi connectivity index (χ1) is 13.2. The average Bonchev–Trinajstić information content (AvgIpc) is 3.32. The molecule has 1 saturated heterocycles. The number of nitrogens with one attached hydrogen (secondary N) is 2. The second-order valence-electron chi connectivity index (χ2n) is 6.51. The maximum absolute atomic E-state index is 5.70. The zero-order valence-electron chi connectivity index (χ0n) is 16.4. The van der Waals surface area contributed by atoms with Crippen molar-refractivity contribution in [3.05, 3.63) is 36.8 Å². The summed E-state index contributed by atoms with van der Waals surface area (Å²) in [5.74, 6) is 1.46. The fraction of sp³-hybridized carbons (Fsp3) is 0.450. The highest BCUT2D eigenvalue weighted by Crippen LogP contribution is 2.22. The molecule has 0 saturated carbocycles. The molecule has 0 spiro atoms. The number of pyridine rings is 1. The summed E-state index contributed by atoms with van der Waals surface area (Å²) in [6.45, 7) is 9.99. The van der Waals surface area contributed by atoms with Gasteiger partial charge in [0.2, 0.25) is 5.88 Å². The van der Waals surface area contributed by atoms with Crippen molar-refractivity contribution in [2.45, 2.75) is 46.3 Å². The molecule has 1 fully saturated rings. The minimum absolute atomic E-state index is 0.0718. The van der Waals surface area contributed by atoms with Crippen molar-refractivity contribution >= 4 is 11.5 Å². The third-order valence-corrected chi connectivity index (χ3v) is 4.15. The minimum Gasteiger partial charge on any atom is -0.474 e. The van der Waals surface area contributed by atoms with Gasteiger partial charge in [-0.3, -0.25) is 4.40 Å². The van der Waals surface area contributed by atoms with Crippen molar-refractivity contribution in [2.75, 3.05) is 18.4 Å². The smallest absolute Gasteiger partial charge is 0.230 e. The Morgan fingerprint density at radius 1 is 1.22 bits per heavy atom. The normalized spacial score (nSPS) is 16.3. The molecule has 3 aromatic heterocycles. The van der Waals surface area contributed by atoms with Crippen LogP contribution in [-0.4, -0.2) is 44.6 Å². The number of imidazole rings is 1. The number of anilines is 1. The van der Waals surface area contributed by atoms with E-state index in [0.717, 1.165) is 42.4 Å². The van der Waals surface area contributed by atoms with Gasteiger partial charge in [-0.15, -0.1) is 0 Å². The molecule has 0 radical (unpaired) electrons. The Kier molecular flexibility index (Phi) is 6.24. The summed E-state index contributed by atoms with van der Waals surface area (Å²) < 4.78 is 7.66. The first kappa shape index (κ1) is 19.1. The van der Waals surface area contributed by atoms with Crippen LogP contribution in [0.4, 0.5) is 5.82 Å². The van der Waals surface area contributed by atoms with E-state index in [2.05, 4.69) is 20.6 Å². The molecule has 144 valence electrons. The van der Waals surface area contributed by atoms with Crippen LogP contribution < -0.4 is 15.4 Å². The first-order valence-corrected chi connectivity index (χ1v) is 9.63. The predicted octanol–water partition coefficient (Wildman–Crippen LogP) is 3.38. The lowest BCUT2D eigenvalue weighted by atomic mass is 10.2. The lowest BCUT2D eigenvalue weighted by Crippen LogP contribution is -2.22. The van der Waals surface area contributed by atoms with Crippen LogP contribution in [0, 0.1) is 0 Å². The number of nitrogens with zero attached hydrogens (tertiary/aromatic N) is 4. The third kappa shape index (κ3) is 4.54. The first-order valence-electron chi connectivity index (χ1n) is 9.63. The highest BCUT2D eigenvalue weighted by molar-refractivity contribution is 5.61. The second kappa shape index (κ2) is 8.81. The largest absolute Gasteiger partial charge is 0.474 e. The van der Waals surface area contributed by atoms with Crippen molar-refractivity contribution in [2.24, 2.45) is 0 Å². The van der Waals surface area contributed by atoms with Gasteiger partial charge in [-0.25, -0.2) is 15.0 Å².